The number of likely N-dealkylation sites (tertiary alicyclic amines) is 1. The molecule has 0 amide bonds. The van der Waals surface area contributed by atoms with E-state index >= 15 is 0 Å². The van der Waals surface area contributed by atoms with Gasteiger partial charge in [0.05, 0.1) is 0 Å². The average molecular weight is 307 g/mol. The van der Waals surface area contributed by atoms with E-state index in [0.29, 0.717) is 30.9 Å². The topological polar surface area (TPSA) is 49.8 Å². The van der Waals surface area contributed by atoms with Gasteiger partial charge in [-0.2, -0.15) is 0 Å². The smallest absolute Gasteiger partial charge is 0.320 e. The fraction of sp³-hybridized carbons (Fsp3) is 0.588. The van der Waals surface area contributed by atoms with E-state index in [2.05, 4.69) is 4.90 Å². The minimum atomic E-state index is -0.726. The van der Waals surface area contributed by atoms with E-state index in [-0.39, 0.29) is 11.9 Å². The first-order valence-electron chi connectivity index (χ1n) is 8.02. The van der Waals surface area contributed by atoms with Gasteiger partial charge in [0.25, 0.3) is 0 Å². The predicted octanol–water partition coefficient (Wildman–Crippen LogP) is 2.92. The third kappa shape index (κ3) is 3.24. The number of fused-ring (bicyclic) bond motifs is 1. The van der Waals surface area contributed by atoms with E-state index in [1.807, 2.05) is 0 Å². The van der Waals surface area contributed by atoms with Crippen molar-refractivity contribution in [3.63, 3.8) is 0 Å². The molecule has 3 atom stereocenters. The Morgan fingerprint density at radius 2 is 2.00 bits per heavy atom. The lowest BCUT2D eigenvalue weighted by atomic mass is 9.85. The SMILES string of the molecule is O=C(O)[C@@H]1C[C@H]2CCCC[C@H]2N1CCOc1ccc(F)cc1. The summed E-state index contributed by atoms with van der Waals surface area (Å²) in [6.45, 7) is 1.04. The molecule has 0 aromatic heterocycles. The lowest BCUT2D eigenvalue weighted by Crippen LogP contribution is -2.44. The molecule has 1 aromatic carbocycles. The zero-order chi connectivity index (χ0) is 15.5. The molecule has 2 aliphatic rings. The number of nitrogens with zero attached hydrogens (tertiary/aromatic N) is 1. The molecule has 1 N–H and O–H groups in total. The van der Waals surface area contributed by atoms with Crippen LogP contribution < -0.4 is 4.74 Å². The van der Waals surface area contributed by atoms with E-state index in [9.17, 15) is 14.3 Å². The number of hydrogen-bond acceptors (Lipinski definition) is 3. The van der Waals surface area contributed by atoms with Crippen LogP contribution in [0.4, 0.5) is 4.39 Å². The fourth-order valence-electron chi connectivity index (χ4n) is 3.92. The highest BCUT2D eigenvalue weighted by Gasteiger charge is 2.44. The molecule has 1 saturated carbocycles. The van der Waals surface area contributed by atoms with E-state index in [1.54, 1.807) is 12.1 Å². The molecule has 1 aliphatic carbocycles. The monoisotopic (exact) mass is 307 g/mol. The van der Waals surface area contributed by atoms with Gasteiger partial charge in [0, 0.05) is 12.6 Å². The van der Waals surface area contributed by atoms with Gasteiger partial charge in [0.1, 0.15) is 24.2 Å². The molecule has 1 aromatic rings. The molecule has 1 saturated heterocycles. The maximum absolute atomic E-state index is 12.9. The Kier molecular flexibility index (Phi) is 4.62. The van der Waals surface area contributed by atoms with Gasteiger partial charge in [0.2, 0.25) is 0 Å². The number of rotatable bonds is 5. The van der Waals surface area contributed by atoms with Crippen molar-refractivity contribution < 1.29 is 19.0 Å². The van der Waals surface area contributed by atoms with Crippen molar-refractivity contribution in [2.45, 2.75) is 44.2 Å². The molecule has 0 unspecified atom stereocenters. The number of carboxylic acids is 1. The summed E-state index contributed by atoms with van der Waals surface area (Å²) in [4.78, 5) is 13.6. The van der Waals surface area contributed by atoms with Gasteiger partial charge in [-0.25, -0.2) is 4.39 Å². The third-order valence-corrected chi connectivity index (χ3v) is 4.94. The van der Waals surface area contributed by atoms with Gasteiger partial charge in [-0.1, -0.05) is 12.8 Å². The minimum absolute atomic E-state index is 0.289. The Morgan fingerprint density at radius 3 is 2.73 bits per heavy atom. The Labute approximate surface area is 129 Å². The summed E-state index contributed by atoms with van der Waals surface area (Å²) in [5.74, 6) is 0.118. The van der Waals surface area contributed by atoms with Gasteiger partial charge >= 0.3 is 5.97 Å². The first kappa shape index (κ1) is 15.3. The second-order valence-corrected chi connectivity index (χ2v) is 6.24. The normalized spacial score (nSPS) is 28.3. The van der Waals surface area contributed by atoms with Gasteiger partial charge in [-0.15, -0.1) is 0 Å². The second kappa shape index (κ2) is 6.65. The molecular weight excluding hydrogens is 285 g/mol. The summed E-state index contributed by atoms with van der Waals surface area (Å²) in [5, 5.41) is 9.45. The largest absolute Gasteiger partial charge is 0.492 e. The number of hydrogen-bond donors (Lipinski definition) is 1. The van der Waals surface area contributed by atoms with Crippen LogP contribution in [-0.2, 0) is 4.79 Å². The van der Waals surface area contributed by atoms with Crippen molar-refractivity contribution in [1.29, 1.82) is 0 Å². The van der Waals surface area contributed by atoms with Crippen molar-refractivity contribution in [2.75, 3.05) is 13.2 Å². The van der Waals surface area contributed by atoms with Crippen molar-refractivity contribution in [2.24, 2.45) is 5.92 Å². The van der Waals surface area contributed by atoms with Crippen LogP contribution in [0.5, 0.6) is 5.75 Å². The second-order valence-electron chi connectivity index (χ2n) is 6.24. The molecule has 22 heavy (non-hydrogen) atoms. The lowest BCUT2D eigenvalue weighted by molar-refractivity contribution is -0.142. The lowest BCUT2D eigenvalue weighted by Gasteiger charge is -2.32. The molecule has 5 heteroatoms. The molecule has 0 spiro atoms. The van der Waals surface area contributed by atoms with E-state index < -0.39 is 5.97 Å². The molecule has 120 valence electrons. The predicted molar refractivity (Wildman–Crippen MR) is 80.4 cm³/mol. The van der Waals surface area contributed by atoms with Crippen LogP contribution in [0.25, 0.3) is 0 Å². The van der Waals surface area contributed by atoms with Crippen LogP contribution in [0.3, 0.4) is 0 Å². The highest BCUT2D eigenvalue weighted by Crippen LogP contribution is 2.39. The molecule has 0 radical (unpaired) electrons. The summed E-state index contributed by atoms with van der Waals surface area (Å²) in [5.41, 5.74) is 0. The highest BCUT2D eigenvalue weighted by atomic mass is 19.1. The van der Waals surface area contributed by atoms with Crippen molar-refractivity contribution in [3.05, 3.63) is 30.1 Å². The fourth-order valence-corrected chi connectivity index (χ4v) is 3.92. The highest BCUT2D eigenvalue weighted by molar-refractivity contribution is 5.74. The van der Waals surface area contributed by atoms with Crippen LogP contribution in [0.15, 0.2) is 24.3 Å². The molecule has 1 aliphatic heterocycles. The standard InChI is InChI=1S/C17H22FNO3/c18-13-5-7-14(8-6-13)22-10-9-19-15-4-2-1-3-12(15)11-16(19)17(20)21/h5-8,12,15-16H,1-4,9-11H2,(H,20,21)/t12-,15-,16+/m1/s1. The maximum Gasteiger partial charge on any atom is 0.320 e. The Hall–Kier alpha value is -1.62. The number of halogens is 1. The van der Waals surface area contributed by atoms with Gasteiger partial charge in [-0.05, 0) is 49.4 Å². The quantitative estimate of drug-likeness (QED) is 0.908. The minimum Gasteiger partial charge on any atom is -0.492 e. The summed E-state index contributed by atoms with van der Waals surface area (Å²) in [7, 11) is 0. The Bertz CT molecular complexity index is 519. The number of aliphatic carboxylic acids is 1. The molecule has 4 nitrogen and oxygen atoms in total. The first-order chi connectivity index (χ1) is 10.6. The van der Waals surface area contributed by atoms with Crippen LogP contribution in [0.2, 0.25) is 0 Å². The number of carboxylic acid groups (broad SMARTS) is 1. The maximum atomic E-state index is 12.9. The zero-order valence-corrected chi connectivity index (χ0v) is 12.6. The summed E-state index contributed by atoms with van der Waals surface area (Å²) in [6, 6.07) is 5.91. The molecule has 0 bridgehead atoms. The molecule has 1 heterocycles. The molecular formula is C17H22FNO3. The van der Waals surface area contributed by atoms with Crippen LogP contribution >= 0.6 is 0 Å². The van der Waals surface area contributed by atoms with Gasteiger partial charge < -0.3 is 9.84 Å². The van der Waals surface area contributed by atoms with Crippen LogP contribution in [-0.4, -0.2) is 41.2 Å². The summed E-state index contributed by atoms with van der Waals surface area (Å²) >= 11 is 0. The zero-order valence-electron chi connectivity index (χ0n) is 12.6. The summed E-state index contributed by atoms with van der Waals surface area (Å²) < 4.78 is 18.5. The van der Waals surface area contributed by atoms with Gasteiger partial charge in [-0.3, -0.25) is 9.69 Å². The Balaban J connectivity index is 1.59. The van der Waals surface area contributed by atoms with Crippen molar-refractivity contribution >= 4 is 5.97 Å². The summed E-state index contributed by atoms with van der Waals surface area (Å²) in [6.07, 6.45) is 5.39. The molecule has 2 fully saturated rings. The first-order valence-corrected chi connectivity index (χ1v) is 8.02. The van der Waals surface area contributed by atoms with Crippen LogP contribution in [0.1, 0.15) is 32.1 Å². The van der Waals surface area contributed by atoms with Crippen molar-refractivity contribution in [3.8, 4) is 5.75 Å². The van der Waals surface area contributed by atoms with Crippen molar-refractivity contribution in [1.82, 2.24) is 4.90 Å². The average Bonchev–Trinajstić information content (AvgIpc) is 2.89. The third-order valence-electron chi connectivity index (χ3n) is 4.94. The number of carbonyl (C=O) groups is 1. The Morgan fingerprint density at radius 1 is 1.27 bits per heavy atom. The van der Waals surface area contributed by atoms with E-state index in [4.69, 9.17) is 4.74 Å². The molecule has 3 rings (SSSR count). The van der Waals surface area contributed by atoms with Gasteiger partial charge in [0.15, 0.2) is 0 Å². The van der Waals surface area contributed by atoms with E-state index in [0.717, 1.165) is 19.3 Å². The van der Waals surface area contributed by atoms with E-state index in [1.165, 1.54) is 25.0 Å². The van der Waals surface area contributed by atoms with Crippen LogP contribution in [0, 0.1) is 11.7 Å². The number of benzene rings is 1. The number of ether oxygens (including phenoxy) is 1.